The third-order valence-corrected chi connectivity index (χ3v) is 8.56. The molecular weight excluding hydrogens is 563 g/mol. The Morgan fingerprint density at radius 1 is 1.25 bits per heavy atom. The summed E-state index contributed by atoms with van der Waals surface area (Å²) in [6.07, 6.45) is -1.51. The number of nitrogens with one attached hydrogen (secondary N) is 1. The van der Waals surface area contributed by atoms with Crippen LogP contribution in [0.5, 0.6) is 0 Å². The Hall–Kier alpha value is -2.77. The second-order valence-corrected chi connectivity index (χ2v) is 12.1. The van der Waals surface area contributed by atoms with Gasteiger partial charge in [0.1, 0.15) is 29.7 Å². The number of ether oxygens (including phenoxy) is 1. The molecule has 11 heteroatoms. The van der Waals surface area contributed by atoms with Crippen LogP contribution in [0, 0.1) is 34.3 Å². The van der Waals surface area contributed by atoms with Gasteiger partial charge in [0.2, 0.25) is 5.91 Å². The van der Waals surface area contributed by atoms with E-state index in [1.807, 2.05) is 27.7 Å². The van der Waals surface area contributed by atoms with E-state index in [9.17, 15) is 20.0 Å². The number of nitriles is 1. The quantitative estimate of drug-likeness (QED) is 0.331. The summed E-state index contributed by atoms with van der Waals surface area (Å²) in [5, 5.41) is 24.0. The fourth-order valence-corrected chi connectivity index (χ4v) is 5.58. The molecule has 0 bridgehead atoms. The first-order valence-electron chi connectivity index (χ1n) is 12.9. The summed E-state index contributed by atoms with van der Waals surface area (Å²) < 4.78 is 36.7. The minimum atomic E-state index is -1.82. The van der Waals surface area contributed by atoms with Gasteiger partial charge < -0.3 is 15.6 Å². The van der Waals surface area contributed by atoms with E-state index in [4.69, 9.17) is 33.7 Å². The number of esters is 1. The molecule has 0 radical (unpaired) electrons. The van der Waals surface area contributed by atoms with Crippen molar-refractivity contribution in [2.75, 3.05) is 6.61 Å². The van der Waals surface area contributed by atoms with Crippen molar-refractivity contribution >= 4 is 35.1 Å². The van der Waals surface area contributed by atoms with Crippen molar-refractivity contribution in [2.24, 2.45) is 17.1 Å². The molecule has 1 aliphatic rings. The van der Waals surface area contributed by atoms with E-state index in [1.165, 1.54) is 30.3 Å². The minimum Gasteiger partial charge on any atom is -0.462 e. The highest BCUT2D eigenvalue weighted by atomic mass is 35.5. The van der Waals surface area contributed by atoms with Crippen molar-refractivity contribution < 1.29 is 28.2 Å². The average Bonchev–Trinajstić information content (AvgIpc) is 3.17. The topological polar surface area (TPSA) is 125 Å². The molecule has 2 aromatic rings. The molecule has 216 valence electrons. The van der Waals surface area contributed by atoms with E-state index in [0.29, 0.717) is 6.42 Å². The molecule has 1 fully saturated rings. The molecule has 0 saturated carbocycles. The number of amides is 1. The summed E-state index contributed by atoms with van der Waals surface area (Å²) >= 11 is 12.2. The molecule has 0 aliphatic carbocycles. The van der Waals surface area contributed by atoms with Crippen molar-refractivity contribution in [3.05, 3.63) is 69.2 Å². The summed E-state index contributed by atoms with van der Waals surface area (Å²) in [5.41, 5.74) is 2.74. The Kier molecular flexibility index (Phi) is 9.84. The summed E-state index contributed by atoms with van der Waals surface area (Å²) in [5.74, 6) is -4.55. The standard InChI is InChI=1S/C29H33Cl2F2N3O4/c1-15(2)28(3,4)12-22-29(14-34,19-9-8-16(30)10-21(19)32)24(18-6-5-7-20(31)25(18)33)26(36-22)27(39)40-13-17(37)11-23(35)38/h5-10,15,17,22,24,26,36-37H,11-13H2,1-4H3,(H2,35,38)/t17-,22+,24+,26-,29+/m0/s1. The van der Waals surface area contributed by atoms with Crippen LogP contribution in [0.4, 0.5) is 8.78 Å². The van der Waals surface area contributed by atoms with Crippen LogP contribution in [0.25, 0.3) is 0 Å². The number of halogens is 4. The Morgan fingerprint density at radius 3 is 2.50 bits per heavy atom. The summed E-state index contributed by atoms with van der Waals surface area (Å²) in [6, 6.07) is 8.12. The normalized spacial score (nSPS) is 23.6. The Labute approximate surface area is 242 Å². The predicted molar refractivity (Wildman–Crippen MR) is 148 cm³/mol. The summed E-state index contributed by atoms with van der Waals surface area (Å²) in [4.78, 5) is 24.7. The van der Waals surface area contributed by atoms with Crippen molar-refractivity contribution in [1.29, 1.82) is 5.26 Å². The molecule has 40 heavy (non-hydrogen) atoms. The van der Waals surface area contributed by atoms with Gasteiger partial charge in [0, 0.05) is 22.5 Å². The lowest BCUT2D eigenvalue weighted by Crippen LogP contribution is -2.46. The second kappa shape index (κ2) is 12.4. The summed E-state index contributed by atoms with van der Waals surface area (Å²) in [6.45, 7) is 7.42. The van der Waals surface area contributed by atoms with E-state index in [2.05, 4.69) is 11.4 Å². The van der Waals surface area contributed by atoms with Crippen LogP contribution < -0.4 is 11.1 Å². The zero-order valence-electron chi connectivity index (χ0n) is 22.7. The largest absolute Gasteiger partial charge is 0.462 e. The number of aliphatic hydroxyl groups excluding tert-OH is 1. The SMILES string of the molecule is CC(C)C(C)(C)C[C@H]1N[C@H](C(=O)OC[C@@H](O)CC(N)=O)[C@@H](c2cccc(Cl)c2F)[C@]1(C#N)c1ccc(Cl)cc1F. The molecule has 0 aromatic heterocycles. The van der Waals surface area contributed by atoms with E-state index < -0.39 is 71.5 Å². The highest BCUT2D eigenvalue weighted by molar-refractivity contribution is 6.31. The Morgan fingerprint density at radius 2 is 1.93 bits per heavy atom. The van der Waals surface area contributed by atoms with Gasteiger partial charge in [-0.1, -0.05) is 69.1 Å². The third kappa shape index (κ3) is 6.26. The number of carbonyl (C=O) groups excluding carboxylic acids is 2. The number of hydrogen-bond acceptors (Lipinski definition) is 6. The first-order chi connectivity index (χ1) is 18.6. The fraction of sp³-hybridized carbons (Fsp3) is 0.483. The lowest BCUT2D eigenvalue weighted by atomic mass is 9.61. The first-order valence-corrected chi connectivity index (χ1v) is 13.6. The molecule has 1 heterocycles. The highest BCUT2D eigenvalue weighted by Gasteiger charge is 2.62. The van der Waals surface area contributed by atoms with Gasteiger partial charge in [-0.05, 0) is 41.5 Å². The number of nitrogens with two attached hydrogens (primary N) is 1. The molecule has 0 spiro atoms. The average molecular weight is 597 g/mol. The molecule has 0 unspecified atom stereocenters. The number of rotatable bonds is 10. The maximum atomic E-state index is 15.7. The highest BCUT2D eigenvalue weighted by Crippen LogP contribution is 2.53. The maximum Gasteiger partial charge on any atom is 0.323 e. The molecule has 3 rings (SSSR count). The van der Waals surface area contributed by atoms with Gasteiger partial charge in [0.25, 0.3) is 0 Å². The zero-order chi connectivity index (χ0) is 30.0. The van der Waals surface area contributed by atoms with Crippen molar-refractivity contribution in [3.63, 3.8) is 0 Å². The Balaban J connectivity index is 2.26. The number of benzene rings is 2. The lowest BCUT2D eigenvalue weighted by molar-refractivity contribution is -0.150. The molecule has 5 atom stereocenters. The molecule has 2 aromatic carbocycles. The number of primary amides is 1. The second-order valence-electron chi connectivity index (χ2n) is 11.2. The fourth-order valence-electron chi connectivity index (χ4n) is 5.24. The Bertz CT molecular complexity index is 1320. The molecule has 4 N–H and O–H groups in total. The minimum absolute atomic E-state index is 0.0649. The smallest absolute Gasteiger partial charge is 0.323 e. The molecular formula is C29H33Cl2F2N3O4. The van der Waals surface area contributed by atoms with E-state index in [-0.39, 0.29) is 27.1 Å². The molecule has 1 saturated heterocycles. The van der Waals surface area contributed by atoms with E-state index in [1.54, 1.807) is 0 Å². The van der Waals surface area contributed by atoms with Crippen LogP contribution in [0.3, 0.4) is 0 Å². The van der Waals surface area contributed by atoms with Gasteiger partial charge >= 0.3 is 5.97 Å². The van der Waals surface area contributed by atoms with Gasteiger partial charge in [-0.25, -0.2) is 8.78 Å². The number of hydrogen-bond donors (Lipinski definition) is 3. The van der Waals surface area contributed by atoms with Gasteiger partial charge in [0.15, 0.2) is 0 Å². The van der Waals surface area contributed by atoms with Crippen LogP contribution in [0.15, 0.2) is 36.4 Å². The van der Waals surface area contributed by atoms with Crippen molar-refractivity contribution in [1.82, 2.24) is 5.32 Å². The lowest BCUT2D eigenvalue weighted by Gasteiger charge is -2.39. The number of nitrogens with zero attached hydrogens (tertiary/aromatic N) is 1. The van der Waals surface area contributed by atoms with Crippen LogP contribution in [0.2, 0.25) is 10.0 Å². The summed E-state index contributed by atoms with van der Waals surface area (Å²) in [7, 11) is 0. The molecule has 1 amide bonds. The van der Waals surface area contributed by atoms with Crippen LogP contribution in [-0.2, 0) is 19.7 Å². The molecule has 1 aliphatic heterocycles. The predicted octanol–water partition coefficient (Wildman–Crippen LogP) is 5.01. The van der Waals surface area contributed by atoms with Crippen molar-refractivity contribution in [3.8, 4) is 6.07 Å². The van der Waals surface area contributed by atoms with E-state index >= 15 is 8.78 Å². The first kappa shape index (κ1) is 31.8. The van der Waals surface area contributed by atoms with Crippen LogP contribution in [0.1, 0.15) is 57.6 Å². The number of aliphatic hydroxyl groups is 1. The third-order valence-electron chi connectivity index (χ3n) is 8.03. The van der Waals surface area contributed by atoms with Gasteiger partial charge in [-0.15, -0.1) is 0 Å². The zero-order valence-corrected chi connectivity index (χ0v) is 24.2. The van der Waals surface area contributed by atoms with Crippen molar-refractivity contribution in [2.45, 2.75) is 70.1 Å². The van der Waals surface area contributed by atoms with Gasteiger partial charge in [-0.2, -0.15) is 5.26 Å². The monoisotopic (exact) mass is 595 g/mol. The molecule has 7 nitrogen and oxygen atoms in total. The maximum absolute atomic E-state index is 15.7. The van der Waals surface area contributed by atoms with Crippen LogP contribution in [-0.4, -0.2) is 41.8 Å². The van der Waals surface area contributed by atoms with Gasteiger partial charge in [-0.3, -0.25) is 14.9 Å². The van der Waals surface area contributed by atoms with Crippen LogP contribution >= 0.6 is 23.2 Å². The van der Waals surface area contributed by atoms with Gasteiger partial charge in [0.05, 0.1) is 23.6 Å². The number of carbonyl (C=O) groups is 2. The van der Waals surface area contributed by atoms with E-state index in [0.717, 1.165) is 6.07 Å².